The number of carbonyl (C=O) groups is 1. The molecule has 1 heterocycles. The van der Waals surface area contributed by atoms with Gasteiger partial charge in [-0.3, -0.25) is 4.79 Å². The lowest BCUT2D eigenvalue weighted by Crippen LogP contribution is -2.14. The molecule has 0 bridgehead atoms. The number of anilines is 1. The Hall–Kier alpha value is -2.54. The summed E-state index contributed by atoms with van der Waals surface area (Å²) in [6.45, 7) is 0. The first kappa shape index (κ1) is 18.8. The Bertz CT molecular complexity index is 1160. The molecular weight excluding hydrogens is 417 g/mol. The van der Waals surface area contributed by atoms with Crippen molar-refractivity contribution in [1.29, 1.82) is 0 Å². The average Bonchev–Trinajstić information content (AvgIpc) is 3.15. The molecule has 1 amide bonds. The van der Waals surface area contributed by atoms with Crippen LogP contribution in [-0.2, 0) is 4.79 Å². The van der Waals surface area contributed by atoms with Crippen LogP contribution < -0.4 is 5.32 Å². The van der Waals surface area contributed by atoms with E-state index < -0.39 is 0 Å². The number of benzene rings is 3. The molecule has 0 aliphatic carbocycles. The largest absolute Gasteiger partial charge is 0.411 e. The van der Waals surface area contributed by atoms with E-state index in [0.717, 1.165) is 28.2 Å². The molecule has 4 aromatic rings. The van der Waals surface area contributed by atoms with Crippen LogP contribution in [0, 0.1) is 0 Å². The van der Waals surface area contributed by atoms with E-state index in [0.29, 0.717) is 15.6 Å². The second-order valence-corrected chi connectivity index (χ2v) is 7.63. The fraction of sp³-hybridized carbons (Fsp3) is 0.0500. The maximum Gasteiger partial charge on any atom is 0.277 e. The van der Waals surface area contributed by atoms with Gasteiger partial charge in [-0.2, -0.15) is 0 Å². The zero-order chi connectivity index (χ0) is 19.5. The van der Waals surface area contributed by atoms with Crippen LogP contribution in [0.5, 0.6) is 0 Å². The smallest absolute Gasteiger partial charge is 0.277 e. The van der Waals surface area contributed by atoms with E-state index in [-0.39, 0.29) is 22.8 Å². The van der Waals surface area contributed by atoms with Gasteiger partial charge < -0.3 is 9.73 Å². The van der Waals surface area contributed by atoms with Crippen molar-refractivity contribution < 1.29 is 9.21 Å². The van der Waals surface area contributed by atoms with Crippen molar-refractivity contribution in [2.45, 2.75) is 5.22 Å². The average molecular weight is 430 g/mol. The van der Waals surface area contributed by atoms with Gasteiger partial charge in [0.2, 0.25) is 11.8 Å². The van der Waals surface area contributed by atoms with Gasteiger partial charge in [0.1, 0.15) is 0 Å². The Morgan fingerprint density at radius 2 is 1.86 bits per heavy atom. The minimum absolute atomic E-state index is 0.138. The van der Waals surface area contributed by atoms with Gasteiger partial charge in [0.05, 0.1) is 16.3 Å². The number of aromatic nitrogens is 2. The maximum atomic E-state index is 12.3. The molecule has 0 aliphatic heterocycles. The number of thioether (sulfide) groups is 1. The van der Waals surface area contributed by atoms with E-state index in [9.17, 15) is 4.79 Å². The summed E-state index contributed by atoms with van der Waals surface area (Å²) in [6, 6.07) is 18.7. The quantitative estimate of drug-likeness (QED) is 0.398. The lowest BCUT2D eigenvalue weighted by atomic mass is 10.1. The first-order valence-electron chi connectivity index (χ1n) is 8.29. The summed E-state index contributed by atoms with van der Waals surface area (Å²) in [5.74, 6) is 0.253. The topological polar surface area (TPSA) is 68.0 Å². The third-order valence-corrected chi connectivity index (χ3v) is 5.32. The normalized spacial score (nSPS) is 10.9. The fourth-order valence-electron chi connectivity index (χ4n) is 2.69. The van der Waals surface area contributed by atoms with Crippen LogP contribution >= 0.6 is 35.0 Å². The van der Waals surface area contributed by atoms with Crippen molar-refractivity contribution in [3.63, 3.8) is 0 Å². The number of hydrogen-bond donors (Lipinski definition) is 1. The first-order chi connectivity index (χ1) is 13.6. The zero-order valence-corrected chi connectivity index (χ0v) is 16.7. The van der Waals surface area contributed by atoms with Crippen molar-refractivity contribution in [1.82, 2.24) is 10.2 Å². The van der Waals surface area contributed by atoms with Crippen LogP contribution in [0.15, 0.2) is 70.3 Å². The second-order valence-electron chi connectivity index (χ2n) is 5.86. The standard InChI is InChI=1S/C20H13Cl2N3O2S/c21-13-8-9-15(16(22)10-13)19-24-25-20(27-19)28-11-18(26)23-17-7-3-5-12-4-1-2-6-14(12)17/h1-10H,11H2,(H,23,26). The minimum Gasteiger partial charge on any atom is -0.411 e. The van der Waals surface area contributed by atoms with E-state index in [2.05, 4.69) is 15.5 Å². The van der Waals surface area contributed by atoms with Gasteiger partial charge >= 0.3 is 0 Å². The number of fused-ring (bicyclic) bond motifs is 1. The van der Waals surface area contributed by atoms with Crippen LogP contribution in [0.3, 0.4) is 0 Å². The van der Waals surface area contributed by atoms with Crippen LogP contribution in [0.25, 0.3) is 22.2 Å². The summed E-state index contributed by atoms with van der Waals surface area (Å²) < 4.78 is 5.59. The number of amides is 1. The third-order valence-electron chi connectivity index (χ3n) is 3.96. The van der Waals surface area contributed by atoms with Crippen molar-refractivity contribution in [3.8, 4) is 11.5 Å². The molecule has 0 spiro atoms. The van der Waals surface area contributed by atoms with E-state index in [4.69, 9.17) is 27.6 Å². The SMILES string of the molecule is O=C(CSc1nnc(-c2ccc(Cl)cc2Cl)o1)Nc1cccc2ccccc12. The highest BCUT2D eigenvalue weighted by Gasteiger charge is 2.14. The number of nitrogens with zero attached hydrogens (tertiary/aromatic N) is 2. The molecule has 5 nitrogen and oxygen atoms in total. The van der Waals surface area contributed by atoms with Crippen molar-refractivity contribution >= 4 is 57.3 Å². The molecule has 0 saturated heterocycles. The molecule has 4 rings (SSSR count). The summed E-state index contributed by atoms with van der Waals surface area (Å²) in [5, 5.41) is 14.1. The summed E-state index contributed by atoms with van der Waals surface area (Å²) in [7, 11) is 0. The predicted octanol–water partition coefficient (Wildman–Crippen LogP) is 5.93. The van der Waals surface area contributed by atoms with E-state index in [1.54, 1.807) is 18.2 Å². The number of hydrogen-bond acceptors (Lipinski definition) is 5. The van der Waals surface area contributed by atoms with Gasteiger partial charge in [0, 0.05) is 16.1 Å². The van der Waals surface area contributed by atoms with Crippen LogP contribution in [-0.4, -0.2) is 21.9 Å². The molecule has 1 aromatic heterocycles. The molecule has 0 atom stereocenters. The highest BCUT2D eigenvalue weighted by molar-refractivity contribution is 7.99. The summed E-state index contributed by atoms with van der Waals surface area (Å²) in [5.41, 5.74) is 1.36. The second kappa shape index (κ2) is 8.22. The highest BCUT2D eigenvalue weighted by atomic mass is 35.5. The van der Waals surface area contributed by atoms with Gasteiger partial charge in [-0.15, -0.1) is 10.2 Å². The number of carbonyl (C=O) groups excluding carboxylic acids is 1. The molecule has 0 unspecified atom stereocenters. The van der Waals surface area contributed by atoms with Gasteiger partial charge in [-0.25, -0.2) is 0 Å². The third kappa shape index (κ3) is 4.14. The Morgan fingerprint density at radius 1 is 1.04 bits per heavy atom. The van der Waals surface area contributed by atoms with Crippen LogP contribution in [0.2, 0.25) is 10.0 Å². The van der Waals surface area contributed by atoms with Crippen LogP contribution in [0.1, 0.15) is 0 Å². The number of halogens is 2. The van der Waals surface area contributed by atoms with E-state index >= 15 is 0 Å². The summed E-state index contributed by atoms with van der Waals surface area (Å²) >= 11 is 13.2. The molecule has 3 aromatic carbocycles. The molecule has 0 saturated carbocycles. The molecule has 8 heteroatoms. The van der Waals surface area contributed by atoms with Crippen molar-refractivity contribution in [2.75, 3.05) is 11.1 Å². The Morgan fingerprint density at radius 3 is 2.71 bits per heavy atom. The minimum atomic E-state index is -0.161. The van der Waals surface area contributed by atoms with Crippen molar-refractivity contribution in [3.05, 3.63) is 70.7 Å². The molecule has 0 aliphatic rings. The number of nitrogens with one attached hydrogen (secondary N) is 1. The van der Waals surface area contributed by atoms with Gasteiger partial charge in [0.25, 0.3) is 5.22 Å². The maximum absolute atomic E-state index is 12.3. The van der Waals surface area contributed by atoms with E-state index in [1.165, 1.54) is 0 Å². The zero-order valence-electron chi connectivity index (χ0n) is 14.4. The Kier molecular flexibility index (Phi) is 5.52. The fourth-order valence-corrected chi connectivity index (χ4v) is 3.74. The molecule has 0 fully saturated rings. The van der Waals surface area contributed by atoms with Crippen molar-refractivity contribution in [2.24, 2.45) is 0 Å². The van der Waals surface area contributed by atoms with Gasteiger partial charge in [-0.05, 0) is 29.7 Å². The summed E-state index contributed by atoms with van der Waals surface area (Å²) in [4.78, 5) is 12.3. The highest BCUT2D eigenvalue weighted by Crippen LogP contribution is 2.31. The first-order valence-corrected chi connectivity index (χ1v) is 10.0. The molecular formula is C20H13Cl2N3O2S. The molecule has 28 heavy (non-hydrogen) atoms. The molecule has 1 N–H and O–H groups in total. The lowest BCUT2D eigenvalue weighted by Gasteiger charge is -2.07. The number of rotatable bonds is 5. The van der Waals surface area contributed by atoms with E-state index in [1.807, 2.05) is 42.5 Å². The van der Waals surface area contributed by atoms with Gasteiger partial charge in [-0.1, -0.05) is 71.4 Å². The Balaban J connectivity index is 1.42. The Labute approximate surface area is 175 Å². The predicted molar refractivity (Wildman–Crippen MR) is 113 cm³/mol. The molecule has 140 valence electrons. The monoisotopic (exact) mass is 429 g/mol. The lowest BCUT2D eigenvalue weighted by molar-refractivity contribution is -0.113. The van der Waals surface area contributed by atoms with Gasteiger partial charge in [0.15, 0.2) is 0 Å². The summed E-state index contributed by atoms with van der Waals surface area (Å²) in [6.07, 6.45) is 0. The molecule has 0 radical (unpaired) electrons. The van der Waals surface area contributed by atoms with Crippen LogP contribution in [0.4, 0.5) is 5.69 Å².